The minimum Gasteiger partial charge on any atom is -0.382 e. The SMILES string of the molecule is C/C=C\C=C/C(CC)NC1=CC=CCC1. The molecule has 0 fully saturated rings. The molecule has 1 atom stereocenters. The van der Waals surface area contributed by atoms with Crippen molar-refractivity contribution in [1.82, 2.24) is 5.32 Å². The average Bonchev–Trinajstić information content (AvgIpc) is 2.29. The van der Waals surface area contributed by atoms with E-state index in [9.17, 15) is 0 Å². The van der Waals surface area contributed by atoms with Crippen molar-refractivity contribution in [3.05, 3.63) is 48.2 Å². The van der Waals surface area contributed by atoms with Gasteiger partial charge in [-0.1, -0.05) is 43.4 Å². The van der Waals surface area contributed by atoms with E-state index >= 15 is 0 Å². The third kappa shape index (κ3) is 4.68. The molecule has 0 aromatic heterocycles. The Morgan fingerprint density at radius 3 is 2.93 bits per heavy atom. The zero-order valence-electron chi connectivity index (χ0n) is 9.74. The molecule has 1 rings (SSSR count). The third-order valence-corrected chi connectivity index (χ3v) is 2.47. The Bertz CT molecular complexity index is 282. The summed E-state index contributed by atoms with van der Waals surface area (Å²) < 4.78 is 0. The maximum atomic E-state index is 3.55. The van der Waals surface area contributed by atoms with Gasteiger partial charge in [-0.25, -0.2) is 0 Å². The summed E-state index contributed by atoms with van der Waals surface area (Å²) >= 11 is 0. The van der Waals surface area contributed by atoms with Crippen molar-refractivity contribution in [2.45, 2.75) is 39.2 Å². The lowest BCUT2D eigenvalue weighted by atomic mass is 10.1. The van der Waals surface area contributed by atoms with Crippen LogP contribution in [0, 0.1) is 0 Å². The zero-order chi connectivity index (χ0) is 10.9. The molecule has 15 heavy (non-hydrogen) atoms. The number of rotatable bonds is 5. The van der Waals surface area contributed by atoms with Crippen LogP contribution in [0.3, 0.4) is 0 Å². The fourth-order valence-electron chi connectivity index (χ4n) is 1.56. The van der Waals surface area contributed by atoms with E-state index in [1.807, 2.05) is 13.0 Å². The average molecular weight is 203 g/mol. The lowest BCUT2D eigenvalue weighted by molar-refractivity contribution is 0.625. The summed E-state index contributed by atoms with van der Waals surface area (Å²) in [6, 6.07) is 0.457. The van der Waals surface area contributed by atoms with Crippen LogP contribution in [0.4, 0.5) is 0 Å². The summed E-state index contributed by atoms with van der Waals surface area (Å²) in [7, 11) is 0. The van der Waals surface area contributed by atoms with E-state index in [0.717, 1.165) is 19.3 Å². The Morgan fingerprint density at radius 2 is 2.33 bits per heavy atom. The lowest BCUT2D eigenvalue weighted by Crippen LogP contribution is -2.26. The van der Waals surface area contributed by atoms with Crippen LogP contribution in [0.2, 0.25) is 0 Å². The number of allylic oxidation sites excluding steroid dienone is 7. The van der Waals surface area contributed by atoms with Gasteiger partial charge < -0.3 is 5.32 Å². The molecular weight excluding hydrogens is 182 g/mol. The molecule has 0 saturated carbocycles. The lowest BCUT2D eigenvalue weighted by Gasteiger charge is -2.18. The maximum absolute atomic E-state index is 3.55. The molecule has 0 spiro atoms. The summed E-state index contributed by atoms with van der Waals surface area (Å²) in [4.78, 5) is 0. The van der Waals surface area contributed by atoms with Gasteiger partial charge in [0.25, 0.3) is 0 Å². The molecule has 0 aromatic rings. The minimum absolute atomic E-state index is 0.457. The summed E-state index contributed by atoms with van der Waals surface area (Å²) in [6.07, 6.45) is 18.4. The number of nitrogens with one attached hydrogen (secondary N) is 1. The second-order valence-electron chi connectivity index (χ2n) is 3.73. The highest BCUT2D eigenvalue weighted by Gasteiger charge is 2.04. The molecular formula is C14H21N. The van der Waals surface area contributed by atoms with Crippen LogP contribution in [0.1, 0.15) is 33.1 Å². The molecule has 1 aliphatic carbocycles. The Morgan fingerprint density at radius 1 is 1.47 bits per heavy atom. The zero-order valence-corrected chi connectivity index (χ0v) is 9.74. The molecule has 1 N–H and O–H groups in total. The Labute approximate surface area is 93.3 Å². The molecule has 0 radical (unpaired) electrons. The van der Waals surface area contributed by atoms with Crippen LogP contribution in [-0.2, 0) is 0 Å². The van der Waals surface area contributed by atoms with Gasteiger partial charge in [0.1, 0.15) is 0 Å². The number of hydrogen-bond donors (Lipinski definition) is 1. The molecule has 0 heterocycles. The van der Waals surface area contributed by atoms with Crippen molar-refractivity contribution in [1.29, 1.82) is 0 Å². The molecule has 82 valence electrons. The van der Waals surface area contributed by atoms with Crippen LogP contribution < -0.4 is 5.32 Å². The Kier molecular flexibility index (Phi) is 5.60. The smallest absolute Gasteiger partial charge is 0.0441 e. The van der Waals surface area contributed by atoms with E-state index in [-0.39, 0.29) is 0 Å². The molecule has 0 aromatic carbocycles. The van der Waals surface area contributed by atoms with E-state index in [4.69, 9.17) is 0 Å². The fourth-order valence-corrected chi connectivity index (χ4v) is 1.56. The highest BCUT2D eigenvalue weighted by molar-refractivity contribution is 5.18. The molecule has 1 unspecified atom stereocenters. The predicted molar refractivity (Wildman–Crippen MR) is 67.6 cm³/mol. The third-order valence-electron chi connectivity index (χ3n) is 2.47. The minimum atomic E-state index is 0.457. The Balaban J connectivity index is 2.45. The van der Waals surface area contributed by atoms with E-state index in [2.05, 4.69) is 48.7 Å². The summed E-state index contributed by atoms with van der Waals surface area (Å²) in [6.45, 7) is 4.24. The highest BCUT2D eigenvalue weighted by Crippen LogP contribution is 2.10. The van der Waals surface area contributed by atoms with Gasteiger partial charge in [0.2, 0.25) is 0 Å². The first-order valence-electron chi connectivity index (χ1n) is 5.78. The Hall–Kier alpha value is -1.24. The van der Waals surface area contributed by atoms with Crippen molar-refractivity contribution in [2.75, 3.05) is 0 Å². The largest absolute Gasteiger partial charge is 0.382 e. The van der Waals surface area contributed by atoms with Crippen LogP contribution in [-0.4, -0.2) is 6.04 Å². The van der Waals surface area contributed by atoms with Crippen molar-refractivity contribution in [3.8, 4) is 0 Å². The van der Waals surface area contributed by atoms with E-state index in [1.54, 1.807) is 0 Å². The van der Waals surface area contributed by atoms with Gasteiger partial charge in [-0.05, 0) is 32.3 Å². The first-order chi connectivity index (χ1) is 7.36. The van der Waals surface area contributed by atoms with Gasteiger partial charge in [-0.3, -0.25) is 0 Å². The topological polar surface area (TPSA) is 12.0 Å². The monoisotopic (exact) mass is 203 g/mol. The second kappa shape index (κ2) is 7.10. The van der Waals surface area contributed by atoms with Crippen molar-refractivity contribution >= 4 is 0 Å². The molecule has 0 aliphatic heterocycles. The normalized spacial score (nSPS) is 18.4. The summed E-state index contributed by atoms with van der Waals surface area (Å²) in [5.74, 6) is 0. The maximum Gasteiger partial charge on any atom is 0.0441 e. The van der Waals surface area contributed by atoms with Crippen LogP contribution in [0.25, 0.3) is 0 Å². The summed E-state index contributed by atoms with van der Waals surface area (Å²) in [5, 5.41) is 3.55. The van der Waals surface area contributed by atoms with Crippen LogP contribution >= 0.6 is 0 Å². The molecule has 1 aliphatic rings. The van der Waals surface area contributed by atoms with Crippen molar-refractivity contribution in [2.24, 2.45) is 0 Å². The highest BCUT2D eigenvalue weighted by atomic mass is 14.9. The van der Waals surface area contributed by atoms with Crippen LogP contribution in [0.5, 0.6) is 0 Å². The first-order valence-corrected chi connectivity index (χ1v) is 5.78. The van der Waals surface area contributed by atoms with E-state index in [0.29, 0.717) is 6.04 Å². The molecule has 1 heteroatoms. The van der Waals surface area contributed by atoms with Gasteiger partial charge in [0, 0.05) is 11.7 Å². The molecule has 0 saturated heterocycles. The van der Waals surface area contributed by atoms with Gasteiger partial charge >= 0.3 is 0 Å². The van der Waals surface area contributed by atoms with E-state index in [1.165, 1.54) is 5.70 Å². The van der Waals surface area contributed by atoms with Gasteiger partial charge in [-0.15, -0.1) is 0 Å². The molecule has 0 amide bonds. The second-order valence-corrected chi connectivity index (χ2v) is 3.73. The predicted octanol–water partition coefficient (Wildman–Crippen LogP) is 3.72. The quantitative estimate of drug-likeness (QED) is 0.671. The van der Waals surface area contributed by atoms with Crippen LogP contribution in [0.15, 0.2) is 48.2 Å². The fraction of sp³-hybridized carbons (Fsp3) is 0.429. The standard InChI is InChI=1S/C14H21N/c1-3-5-7-10-13(4-2)15-14-11-8-6-9-12-14/h3,5-8,10-11,13,15H,4,9,12H2,1-2H3/b5-3-,10-7-. The van der Waals surface area contributed by atoms with Gasteiger partial charge in [-0.2, -0.15) is 0 Å². The molecule has 1 nitrogen and oxygen atoms in total. The molecule has 0 bridgehead atoms. The van der Waals surface area contributed by atoms with Crippen molar-refractivity contribution < 1.29 is 0 Å². The first kappa shape index (κ1) is 11.8. The van der Waals surface area contributed by atoms with Gasteiger partial charge in [0.05, 0.1) is 0 Å². The van der Waals surface area contributed by atoms with E-state index < -0.39 is 0 Å². The summed E-state index contributed by atoms with van der Waals surface area (Å²) in [5.41, 5.74) is 1.36. The number of hydrogen-bond acceptors (Lipinski definition) is 1. The van der Waals surface area contributed by atoms with Crippen molar-refractivity contribution in [3.63, 3.8) is 0 Å². The van der Waals surface area contributed by atoms with Gasteiger partial charge in [0.15, 0.2) is 0 Å².